The van der Waals surface area contributed by atoms with Gasteiger partial charge in [-0.25, -0.2) is 9.59 Å². The van der Waals surface area contributed by atoms with Crippen LogP contribution in [-0.4, -0.2) is 66.4 Å². The molecule has 3 aliphatic rings. The quantitative estimate of drug-likeness (QED) is 0.271. The number of aliphatic hydroxyl groups excluding tert-OH is 1. The zero-order valence-electron chi connectivity index (χ0n) is 25.8. The third-order valence-corrected chi connectivity index (χ3v) is 9.06. The van der Waals surface area contributed by atoms with E-state index in [4.69, 9.17) is 9.47 Å². The molecular weight excluding hydrogens is 574 g/mol. The van der Waals surface area contributed by atoms with Crippen LogP contribution in [0.5, 0.6) is 0 Å². The van der Waals surface area contributed by atoms with Crippen molar-refractivity contribution in [3.05, 3.63) is 71.8 Å². The lowest BCUT2D eigenvalue weighted by atomic mass is 9.95. The molecule has 10 heteroatoms. The summed E-state index contributed by atoms with van der Waals surface area (Å²) in [5, 5.41) is 18.4. The average Bonchev–Trinajstić information content (AvgIpc) is 3.63. The van der Waals surface area contributed by atoms with E-state index in [2.05, 4.69) is 28.1 Å². The van der Waals surface area contributed by atoms with Gasteiger partial charge in [0.2, 0.25) is 11.8 Å². The zero-order valence-corrected chi connectivity index (χ0v) is 25.8. The van der Waals surface area contributed by atoms with Gasteiger partial charge in [-0.1, -0.05) is 73.5 Å². The number of hydrogen-bond acceptors (Lipinski definition) is 7. The van der Waals surface area contributed by atoms with Gasteiger partial charge >= 0.3 is 12.1 Å². The topological polar surface area (TPSA) is 143 Å². The van der Waals surface area contributed by atoms with Crippen molar-refractivity contribution in [2.24, 2.45) is 5.92 Å². The van der Waals surface area contributed by atoms with E-state index in [1.54, 1.807) is 6.92 Å². The van der Waals surface area contributed by atoms with E-state index in [0.29, 0.717) is 12.8 Å². The summed E-state index contributed by atoms with van der Waals surface area (Å²) in [6.45, 7) is 1.63. The van der Waals surface area contributed by atoms with E-state index >= 15 is 0 Å². The van der Waals surface area contributed by atoms with E-state index in [1.807, 2.05) is 48.6 Å². The first-order valence-corrected chi connectivity index (χ1v) is 15.9. The van der Waals surface area contributed by atoms with Crippen LogP contribution in [0, 0.1) is 5.92 Å². The number of hydrogen-bond donors (Lipinski definition) is 4. The summed E-state index contributed by atoms with van der Waals surface area (Å²) in [6, 6.07) is 14.7. The molecule has 0 bridgehead atoms. The normalized spacial score (nSPS) is 23.3. The maximum Gasteiger partial charge on any atom is 0.407 e. The lowest BCUT2D eigenvalue weighted by Crippen LogP contribution is -2.50. The Bertz CT molecular complexity index is 1370. The minimum absolute atomic E-state index is 0.0175. The molecule has 3 atom stereocenters. The van der Waals surface area contributed by atoms with Crippen LogP contribution in [0.2, 0.25) is 0 Å². The van der Waals surface area contributed by atoms with Crippen LogP contribution in [0.15, 0.2) is 60.7 Å². The van der Waals surface area contributed by atoms with E-state index < -0.39 is 35.6 Å². The minimum atomic E-state index is -0.934. The molecule has 1 heterocycles. The molecule has 45 heavy (non-hydrogen) atoms. The van der Waals surface area contributed by atoms with Gasteiger partial charge in [0, 0.05) is 12.3 Å². The molecule has 5 rings (SSSR count). The minimum Gasteiger partial charge on any atom is -0.462 e. The summed E-state index contributed by atoms with van der Waals surface area (Å²) >= 11 is 0. The largest absolute Gasteiger partial charge is 0.462 e. The Morgan fingerprint density at radius 1 is 1.02 bits per heavy atom. The fourth-order valence-electron chi connectivity index (χ4n) is 6.61. The second-order valence-electron chi connectivity index (χ2n) is 12.4. The van der Waals surface area contributed by atoms with Crippen molar-refractivity contribution in [1.82, 2.24) is 16.0 Å². The fourth-order valence-corrected chi connectivity index (χ4v) is 6.61. The van der Waals surface area contributed by atoms with Crippen LogP contribution in [0.25, 0.3) is 11.1 Å². The first kappa shape index (κ1) is 32.2. The number of cyclic esters (lactones) is 1. The molecule has 1 aliphatic heterocycles. The number of ether oxygens (including phenoxy) is 2. The van der Waals surface area contributed by atoms with Gasteiger partial charge < -0.3 is 30.5 Å². The second kappa shape index (κ2) is 14.7. The highest BCUT2D eigenvalue weighted by Gasteiger charge is 2.36. The Hall–Kier alpha value is -4.18. The number of aliphatic hydroxyl groups is 1. The summed E-state index contributed by atoms with van der Waals surface area (Å²) in [7, 11) is 0. The number of esters is 1. The summed E-state index contributed by atoms with van der Waals surface area (Å²) < 4.78 is 11.1. The van der Waals surface area contributed by atoms with Crippen LogP contribution in [0.4, 0.5) is 4.79 Å². The molecule has 0 radical (unpaired) electrons. The number of benzene rings is 2. The second-order valence-corrected chi connectivity index (χ2v) is 12.4. The molecule has 1 saturated carbocycles. The van der Waals surface area contributed by atoms with Gasteiger partial charge in [0.25, 0.3) is 0 Å². The average molecular weight is 618 g/mol. The van der Waals surface area contributed by atoms with Crippen LogP contribution in [-0.2, 0) is 23.9 Å². The summed E-state index contributed by atoms with van der Waals surface area (Å²) in [5.74, 6) is -1.92. The zero-order chi connectivity index (χ0) is 31.8. The number of carbonyl (C=O) groups excluding carboxylic acids is 4. The molecule has 0 spiro atoms. The van der Waals surface area contributed by atoms with Crippen LogP contribution < -0.4 is 16.0 Å². The van der Waals surface area contributed by atoms with Gasteiger partial charge in [-0.15, -0.1) is 0 Å². The molecule has 3 unspecified atom stereocenters. The van der Waals surface area contributed by atoms with Gasteiger partial charge in [-0.2, -0.15) is 0 Å². The maximum absolute atomic E-state index is 13.1. The highest BCUT2D eigenvalue weighted by Crippen LogP contribution is 2.44. The highest BCUT2D eigenvalue weighted by atomic mass is 16.6. The number of rotatable bonds is 7. The predicted octanol–water partition coefficient (Wildman–Crippen LogP) is 4.11. The maximum atomic E-state index is 13.1. The predicted molar refractivity (Wildman–Crippen MR) is 168 cm³/mol. The third kappa shape index (κ3) is 7.92. The van der Waals surface area contributed by atoms with E-state index in [0.717, 1.165) is 47.9 Å². The summed E-state index contributed by atoms with van der Waals surface area (Å²) in [4.78, 5) is 51.9. The van der Waals surface area contributed by atoms with Gasteiger partial charge in [-0.05, 0) is 61.3 Å². The van der Waals surface area contributed by atoms with Crippen LogP contribution in [0.3, 0.4) is 0 Å². The molecule has 2 aliphatic carbocycles. The number of alkyl carbamates (subject to hydrolysis) is 1. The van der Waals surface area contributed by atoms with E-state index in [-0.39, 0.29) is 50.4 Å². The Morgan fingerprint density at radius 3 is 2.36 bits per heavy atom. The Kier molecular flexibility index (Phi) is 10.5. The lowest BCUT2D eigenvalue weighted by Gasteiger charge is -2.29. The van der Waals surface area contributed by atoms with Gasteiger partial charge in [0.1, 0.15) is 19.3 Å². The summed E-state index contributed by atoms with van der Waals surface area (Å²) in [5.41, 5.74) is 3.83. The number of amides is 3. The standard InChI is InChI=1S/C35H43N3O7/c1-23-20-44-33(42)30(37-34(43)45-21-29-27-14-7-5-12-25(27)26-13-6-8-15-28(26)29)16-4-2-3-11-24(32(41)36-23)19-31(40)38-35(22-39)17-9-10-18-35/h2-3,5-8,12-15,23-24,29-30,39H,4,9-11,16-22H2,1H3,(H,36,41)(H,37,43)(H,38,40). The third-order valence-electron chi connectivity index (χ3n) is 9.06. The molecule has 2 aromatic carbocycles. The van der Waals surface area contributed by atoms with Crippen molar-refractivity contribution in [2.75, 3.05) is 19.8 Å². The first-order chi connectivity index (χ1) is 21.8. The van der Waals surface area contributed by atoms with Gasteiger partial charge in [-0.3, -0.25) is 9.59 Å². The number of carbonyl (C=O) groups is 4. The smallest absolute Gasteiger partial charge is 0.407 e. The SMILES string of the molecule is CC1COC(=O)C(NC(=O)OCC2c3ccccc3-c3ccccc32)CCC=CCC(CC(=O)NC2(CO)CCCC2)C(=O)N1. The van der Waals surface area contributed by atoms with Crippen LogP contribution in [0.1, 0.15) is 75.3 Å². The molecule has 10 nitrogen and oxygen atoms in total. The molecule has 1 fully saturated rings. The molecule has 0 saturated heterocycles. The molecule has 0 aromatic heterocycles. The fraction of sp³-hybridized carbons (Fsp3) is 0.486. The van der Waals surface area contributed by atoms with E-state index in [9.17, 15) is 24.3 Å². The monoisotopic (exact) mass is 617 g/mol. The first-order valence-electron chi connectivity index (χ1n) is 15.9. The molecule has 2 aromatic rings. The van der Waals surface area contributed by atoms with E-state index in [1.165, 1.54) is 0 Å². The van der Waals surface area contributed by atoms with Crippen molar-refractivity contribution in [2.45, 2.75) is 81.8 Å². The number of allylic oxidation sites excluding steroid dienone is 2. The Morgan fingerprint density at radius 2 is 1.69 bits per heavy atom. The van der Waals surface area contributed by atoms with Crippen molar-refractivity contribution in [1.29, 1.82) is 0 Å². The lowest BCUT2D eigenvalue weighted by molar-refractivity contribution is -0.147. The number of fused-ring (bicyclic) bond motifs is 3. The van der Waals surface area contributed by atoms with Crippen molar-refractivity contribution in [3.63, 3.8) is 0 Å². The van der Waals surface area contributed by atoms with Gasteiger partial charge in [0.05, 0.1) is 24.1 Å². The Labute approximate surface area is 263 Å². The highest BCUT2D eigenvalue weighted by molar-refractivity contribution is 5.86. The number of nitrogens with one attached hydrogen (secondary N) is 3. The summed E-state index contributed by atoms with van der Waals surface area (Å²) in [6.07, 6.45) is 7.32. The van der Waals surface area contributed by atoms with Crippen molar-refractivity contribution < 1.29 is 33.8 Å². The Balaban J connectivity index is 1.18. The molecule has 3 amide bonds. The van der Waals surface area contributed by atoms with Crippen LogP contribution >= 0.6 is 0 Å². The molecule has 4 N–H and O–H groups in total. The van der Waals surface area contributed by atoms with Crippen molar-refractivity contribution in [3.8, 4) is 11.1 Å². The molecular formula is C35H43N3O7. The van der Waals surface area contributed by atoms with Gasteiger partial charge in [0.15, 0.2) is 0 Å². The molecule has 240 valence electrons. The van der Waals surface area contributed by atoms with Crippen molar-refractivity contribution >= 4 is 23.9 Å².